The summed E-state index contributed by atoms with van der Waals surface area (Å²) in [5.74, 6) is 1.01. The van der Waals surface area contributed by atoms with Crippen LogP contribution in [0.3, 0.4) is 0 Å². The molecule has 1 atom stereocenters. The molecule has 5 rings (SSSR count). The van der Waals surface area contributed by atoms with Crippen LogP contribution >= 0.6 is 0 Å². The fraction of sp³-hybridized carbons (Fsp3) is 0.217. The largest absolute Gasteiger partial charge is 0.458 e. The summed E-state index contributed by atoms with van der Waals surface area (Å²) in [6.45, 7) is 2.12. The van der Waals surface area contributed by atoms with Crippen molar-refractivity contribution in [2.45, 2.75) is 25.5 Å². The van der Waals surface area contributed by atoms with Gasteiger partial charge in [-0.05, 0) is 42.8 Å². The number of Topliss-reactive ketones (excluding diaryl/α,β-unsaturated/α-hetero) is 1. The standard InChI is InChI=1S/C23H19NO6/c1-14-6-8-19(30-14)18(25)11-23(27)16-4-2-3-5-17(16)24(22(23)26)12-15-7-9-20-21(10-15)29-13-28-20/h2-10,27H,11-13H2,1H3. The quantitative estimate of drug-likeness (QED) is 0.655. The summed E-state index contributed by atoms with van der Waals surface area (Å²) in [5.41, 5.74) is -0.150. The molecule has 0 spiro atoms. The predicted molar refractivity (Wildman–Crippen MR) is 106 cm³/mol. The van der Waals surface area contributed by atoms with Gasteiger partial charge in [0.2, 0.25) is 12.6 Å². The summed E-state index contributed by atoms with van der Waals surface area (Å²) in [5, 5.41) is 11.4. The summed E-state index contributed by atoms with van der Waals surface area (Å²) in [6, 6.07) is 15.6. The number of carbonyl (C=O) groups is 2. The average Bonchev–Trinajstić information content (AvgIpc) is 3.43. The zero-order valence-electron chi connectivity index (χ0n) is 16.3. The minimum absolute atomic E-state index is 0.125. The number of ketones is 1. The van der Waals surface area contributed by atoms with E-state index in [0.29, 0.717) is 28.5 Å². The second-order valence-corrected chi connectivity index (χ2v) is 7.47. The van der Waals surface area contributed by atoms with E-state index in [1.165, 1.54) is 4.90 Å². The van der Waals surface area contributed by atoms with Gasteiger partial charge in [-0.1, -0.05) is 24.3 Å². The van der Waals surface area contributed by atoms with Crippen molar-refractivity contribution in [2.24, 2.45) is 0 Å². The lowest BCUT2D eigenvalue weighted by Gasteiger charge is -2.22. The van der Waals surface area contributed by atoms with Crippen molar-refractivity contribution in [1.82, 2.24) is 0 Å². The van der Waals surface area contributed by atoms with Crippen molar-refractivity contribution < 1.29 is 28.6 Å². The van der Waals surface area contributed by atoms with Gasteiger partial charge < -0.3 is 23.9 Å². The molecule has 0 radical (unpaired) electrons. The Bertz CT molecular complexity index is 1170. The van der Waals surface area contributed by atoms with Crippen molar-refractivity contribution in [1.29, 1.82) is 0 Å². The molecule has 2 aromatic carbocycles. The molecule has 2 aliphatic rings. The van der Waals surface area contributed by atoms with Crippen molar-refractivity contribution in [3.05, 3.63) is 77.2 Å². The van der Waals surface area contributed by atoms with Crippen LogP contribution in [-0.2, 0) is 16.9 Å². The average molecular weight is 405 g/mol. The first-order valence-corrected chi connectivity index (χ1v) is 9.58. The van der Waals surface area contributed by atoms with Gasteiger partial charge in [0.25, 0.3) is 5.91 Å². The van der Waals surface area contributed by atoms with Crippen LogP contribution in [0, 0.1) is 6.92 Å². The second kappa shape index (κ2) is 6.74. The van der Waals surface area contributed by atoms with E-state index in [4.69, 9.17) is 13.9 Å². The van der Waals surface area contributed by atoms with Gasteiger partial charge in [-0.3, -0.25) is 9.59 Å². The smallest absolute Gasteiger partial charge is 0.264 e. The third-order valence-corrected chi connectivity index (χ3v) is 5.45. The first kappa shape index (κ1) is 18.4. The first-order valence-electron chi connectivity index (χ1n) is 9.58. The van der Waals surface area contributed by atoms with E-state index in [9.17, 15) is 14.7 Å². The van der Waals surface area contributed by atoms with E-state index < -0.39 is 23.7 Å². The highest BCUT2D eigenvalue weighted by Crippen LogP contribution is 2.44. The van der Waals surface area contributed by atoms with Crippen molar-refractivity contribution in [2.75, 3.05) is 11.7 Å². The number of benzene rings is 2. The van der Waals surface area contributed by atoms with Crippen molar-refractivity contribution in [3.63, 3.8) is 0 Å². The Morgan fingerprint density at radius 3 is 2.70 bits per heavy atom. The minimum atomic E-state index is -1.95. The molecule has 3 heterocycles. The van der Waals surface area contributed by atoms with Crippen LogP contribution in [-0.4, -0.2) is 23.6 Å². The number of anilines is 1. The normalized spacial score (nSPS) is 19.3. The molecule has 0 bridgehead atoms. The van der Waals surface area contributed by atoms with Gasteiger partial charge in [0, 0.05) is 5.56 Å². The van der Waals surface area contributed by atoms with Gasteiger partial charge in [-0.2, -0.15) is 0 Å². The van der Waals surface area contributed by atoms with Crippen LogP contribution in [0.5, 0.6) is 11.5 Å². The molecule has 3 aromatic rings. The molecule has 2 aliphatic heterocycles. The van der Waals surface area contributed by atoms with Gasteiger partial charge >= 0.3 is 0 Å². The highest BCUT2D eigenvalue weighted by atomic mass is 16.7. The molecular formula is C23H19NO6. The number of fused-ring (bicyclic) bond motifs is 2. The number of hydrogen-bond acceptors (Lipinski definition) is 6. The lowest BCUT2D eigenvalue weighted by atomic mass is 9.89. The number of nitrogens with zero attached hydrogens (tertiary/aromatic N) is 1. The Labute approximate surface area is 172 Å². The summed E-state index contributed by atoms with van der Waals surface area (Å²) in [6.07, 6.45) is -0.395. The Morgan fingerprint density at radius 2 is 1.90 bits per heavy atom. The molecule has 1 aromatic heterocycles. The van der Waals surface area contributed by atoms with Crippen LogP contribution < -0.4 is 14.4 Å². The van der Waals surface area contributed by atoms with Crippen LogP contribution in [0.4, 0.5) is 5.69 Å². The third-order valence-electron chi connectivity index (χ3n) is 5.45. The molecule has 30 heavy (non-hydrogen) atoms. The van der Waals surface area contributed by atoms with Crippen molar-refractivity contribution >= 4 is 17.4 Å². The van der Waals surface area contributed by atoms with Crippen LogP contribution in [0.15, 0.2) is 59.0 Å². The maximum atomic E-state index is 13.3. The summed E-state index contributed by atoms with van der Waals surface area (Å²) >= 11 is 0. The summed E-state index contributed by atoms with van der Waals surface area (Å²) in [7, 11) is 0. The highest BCUT2D eigenvalue weighted by molar-refractivity contribution is 6.10. The lowest BCUT2D eigenvalue weighted by Crippen LogP contribution is -2.41. The van der Waals surface area contributed by atoms with Gasteiger partial charge in [0.05, 0.1) is 18.7 Å². The number of amides is 1. The lowest BCUT2D eigenvalue weighted by molar-refractivity contribution is -0.136. The molecule has 1 N–H and O–H groups in total. The molecule has 7 heteroatoms. The number of hydrogen-bond donors (Lipinski definition) is 1. The molecule has 0 aliphatic carbocycles. The molecule has 0 saturated heterocycles. The van der Waals surface area contributed by atoms with Gasteiger partial charge in [0.1, 0.15) is 5.76 Å². The molecule has 1 unspecified atom stereocenters. The maximum Gasteiger partial charge on any atom is 0.264 e. The van der Waals surface area contributed by atoms with Gasteiger partial charge in [0.15, 0.2) is 22.9 Å². The Morgan fingerprint density at radius 1 is 1.10 bits per heavy atom. The number of furan rings is 1. The third kappa shape index (κ3) is 2.86. The number of ether oxygens (including phenoxy) is 2. The fourth-order valence-corrected chi connectivity index (χ4v) is 3.96. The first-order chi connectivity index (χ1) is 14.5. The van der Waals surface area contributed by atoms with Gasteiger partial charge in [-0.25, -0.2) is 0 Å². The molecular weight excluding hydrogens is 386 g/mol. The fourth-order valence-electron chi connectivity index (χ4n) is 3.96. The second-order valence-electron chi connectivity index (χ2n) is 7.47. The minimum Gasteiger partial charge on any atom is -0.458 e. The molecule has 7 nitrogen and oxygen atoms in total. The van der Waals surface area contributed by atoms with E-state index >= 15 is 0 Å². The molecule has 1 amide bonds. The van der Waals surface area contributed by atoms with E-state index in [1.807, 2.05) is 12.1 Å². The zero-order valence-corrected chi connectivity index (χ0v) is 16.3. The predicted octanol–water partition coefficient (Wildman–Crippen LogP) is 3.32. The Kier molecular flexibility index (Phi) is 4.15. The highest BCUT2D eigenvalue weighted by Gasteiger charge is 2.51. The van der Waals surface area contributed by atoms with Gasteiger partial charge in [-0.15, -0.1) is 0 Å². The zero-order chi connectivity index (χ0) is 20.9. The summed E-state index contributed by atoms with van der Waals surface area (Å²) < 4.78 is 16.1. The van der Waals surface area contributed by atoms with Crippen LogP contribution in [0.1, 0.15) is 33.9 Å². The SMILES string of the molecule is Cc1ccc(C(=O)CC2(O)C(=O)N(Cc3ccc4c(c3)OCO4)c3ccccc32)o1. The number of para-hydroxylation sites is 1. The van der Waals surface area contributed by atoms with Crippen molar-refractivity contribution in [3.8, 4) is 11.5 Å². The molecule has 0 fully saturated rings. The number of carbonyl (C=O) groups excluding carboxylic acids is 2. The van der Waals surface area contributed by atoms with E-state index in [-0.39, 0.29) is 19.1 Å². The molecule has 0 saturated carbocycles. The summed E-state index contributed by atoms with van der Waals surface area (Å²) in [4.78, 5) is 27.5. The van der Waals surface area contributed by atoms with E-state index in [2.05, 4.69) is 0 Å². The van der Waals surface area contributed by atoms with E-state index in [0.717, 1.165) is 5.56 Å². The molecule has 152 valence electrons. The maximum absolute atomic E-state index is 13.3. The Balaban J connectivity index is 1.47. The Hall–Kier alpha value is -3.58. The number of aliphatic hydroxyl groups is 1. The number of aryl methyl sites for hydroxylation is 1. The number of rotatable bonds is 5. The van der Waals surface area contributed by atoms with Crippen LogP contribution in [0.25, 0.3) is 0 Å². The monoisotopic (exact) mass is 405 g/mol. The van der Waals surface area contributed by atoms with E-state index in [1.54, 1.807) is 49.4 Å². The van der Waals surface area contributed by atoms with Crippen LogP contribution in [0.2, 0.25) is 0 Å². The topological polar surface area (TPSA) is 89.2 Å².